The highest BCUT2D eigenvalue weighted by Gasteiger charge is 2.40. The number of nitrogens with two attached hydrogens (primary N) is 1. The molecule has 2 N–H and O–H groups in total. The lowest BCUT2D eigenvalue weighted by molar-refractivity contribution is -0.183. The van der Waals surface area contributed by atoms with E-state index in [1.54, 1.807) is 0 Å². The molecule has 1 saturated heterocycles. The Bertz CT molecular complexity index is 224. The zero-order valence-corrected chi connectivity index (χ0v) is 10.6. The van der Waals surface area contributed by atoms with Gasteiger partial charge in [-0.2, -0.15) is 0 Å². The van der Waals surface area contributed by atoms with Crippen molar-refractivity contribution in [1.82, 2.24) is 0 Å². The minimum Gasteiger partial charge on any atom is -0.348 e. The molecule has 0 amide bonds. The summed E-state index contributed by atoms with van der Waals surface area (Å²) in [7, 11) is 0. The van der Waals surface area contributed by atoms with Crippen molar-refractivity contribution in [1.29, 1.82) is 0 Å². The molecular weight excluding hydrogens is 202 g/mol. The quantitative estimate of drug-likeness (QED) is 0.804. The van der Waals surface area contributed by atoms with Crippen LogP contribution in [0.1, 0.15) is 46.0 Å². The van der Waals surface area contributed by atoms with E-state index in [2.05, 4.69) is 13.8 Å². The third-order valence-electron chi connectivity index (χ3n) is 4.07. The van der Waals surface area contributed by atoms with Crippen LogP contribution in [-0.2, 0) is 9.47 Å². The van der Waals surface area contributed by atoms with Gasteiger partial charge >= 0.3 is 0 Å². The Balaban J connectivity index is 1.81. The average Bonchev–Trinajstić information content (AvgIpc) is 2.71. The second-order valence-corrected chi connectivity index (χ2v) is 6.12. The summed E-state index contributed by atoms with van der Waals surface area (Å²) < 4.78 is 11.5. The predicted molar refractivity (Wildman–Crippen MR) is 64.0 cm³/mol. The van der Waals surface area contributed by atoms with Crippen molar-refractivity contribution in [2.75, 3.05) is 19.8 Å². The highest BCUT2D eigenvalue weighted by Crippen LogP contribution is 2.41. The fraction of sp³-hybridized carbons (Fsp3) is 1.00. The lowest BCUT2D eigenvalue weighted by Gasteiger charge is -2.38. The molecule has 0 aromatic carbocycles. The highest BCUT2D eigenvalue weighted by atomic mass is 16.7. The maximum atomic E-state index is 5.79. The van der Waals surface area contributed by atoms with E-state index >= 15 is 0 Å². The van der Waals surface area contributed by atoms with Crippen LogP contribution in [0.15, 0.2) is 0 Å². The lowest BCUT2D eigenvalue weighted by Crippen LogP contribution is -2.37. The largest absolute Gasteiger partial charge is 0.348 e. The van der Waals surface area contributed by atoms with Gasteiger partial charge in [0.15, 0.2) is 5.79 Å². The van der Waals surface area contributed by atoms with Gasteiger partial charge in [0, 0.05) is 12.8 Å². The average molecular weight is 227 g/mol. The van der Waals surface area contributed by atoms with Gasteiger partial charge in [0.05, 0.1) is 13.2 Å². The lowest BCUT2D eigenvalue weighted by atomic mass is 9.75. The molecule has 2 aliphatic rings. The van der Waals surface area contributed by atoms with Gasteiger partial charge in [-0.25, -0.2) is 0 Å². The molecule has 3 heteroatoms. The zero-order valence-electron chi connectivity index (χ0n) is 10.6. The Kier molecular flexibility index (Phi) is 3.57. The normalized spacial score (nSPS) is 26.4. The summed E-state index contributed by atoms with van der Waals surface area (Å²) in [5, 5.41) is 0. The van der Waals surface area contributed by atoms with E-state index < -0.39 is 0 Å². The van der Waals surface area contributed by atoms with E-state index in [0.717, 1.165) is 38.5 Å². The van der Waals surface area contributed by atoms with Gasteiger partial charge in [-0.15, -0.1) is 0 Å². The topological polar surface area (TPSA) is 44.5 Å². The van der Waals surface area contributed by atoms with Crippen molar-refractivity contribution in [2.24, 2.45) is 17.1 Å². The summed E-state index contributed by atoms with van der Waals surface area (Å²) in [5.41, 5.74) is 6.07. The van der Waals surface area contributed by atoms with Crippen LogP contribution >= 0.6 is 0 Å². The Morgan fingerprint density at radius 2 is 1.75 bits per heavy atom. The van der Waals surface area contributed by atoms with Crippen LogP contribution in [0.25, 0.3) is 0 Å². The molecule has 0 aromatic heterocycles. The Morgan fingerprint density at radius 1 is 1.19 bits per heavy atom. The SMILES string of the molecule is CC(C)(CN)CC1CCC2(CC1)OCCO2. The Hall–Kier alpha value is -0.120. The van der Waals surface area contributed by atoms with Gasteiger partial charge in [-0.3, -0.25) is 0 Å². The smallest absolute Gasteiger partial charge is 0.168 e. The summed E-state index contributed by atoms with van der Waals surface area (Å²) in [5.74, 6) is 0.598. The molecule has 0 unspecified atom stereocenters. The zero-order chi connectivity index (χ0) is 11.6. The molecule has 1 heterocycles. The first-order valence-electron chi connectivity index (χ1n) is 6.53. The van der Waals surface area contributed by atoms with Gasteiger partial charge < -0.3 is 15.2 Å². The molecule has 16 heavy (non-hydrogen) atoms. The first kappa shape index (κ1) is 12.3. The van der Waals surface area contributed by atoms with Gasteiger partial charge in [0.2, 0.25) is 0 Å². The van der Waals surface area contributed by atoms with Gasteiger partial charge in [0.1, 0.15) is 0 Å². The van der Waals surface area contributed by atoms with Crippen LogP contribution in [0.3, 0.4) is 0 Å². The molecule has 2 rings (SSSR count). The molecule has 1 saturated carbocycles. The van der Waals surface area contributed by atoms with Crippen molar-refractivity contribution in [3.63, 3.8) is 0 Å². The molecule has 94 valence electrons. The third-order valence-corrected chi connectivity index (χ3v) is 4.07. The van der Waals surface area contributed by atoms with Crippen LogP contribution in [0, 0.1) is 11.3 Å². The first-order chi connectivity index (χ1) is 7.55. The van der Waals surface area contributed by atoms with E-state index in [0.29, 0.717) is 0 Å². The van der Waals surface area contributed by atoms with Gasteiger partial charge in [-0.1, -0.05) is 13.8 Å². The molecule has 3 nitrogen and oxygen atoms in total. The van der Waals surface area contributed by atoms with Gasteiger partial charge in [0.25, 0.3) is 0 Å². The van der Waals surface area contributed by atoms with E-state index in [-0.39, 0.29) is 11.2 Å². The molecule has 0 aromatic rings. The summed E-state index contributed by atoms with van der Waals surface area (Å²) in [6.07, 6.45) is 5.82. The summed E-state index contributed by atoms with van der Waals surface area (Å²) >= 11 is 0. The predicted octanol–water partition coefficient (Wildman–Crippen LogP) is 2.29. The van der Waals surface area contributed by atoms with Crippen LogP contribution in [0.4, 0.5) is 0 Å². The number of hydrogen-bond acceptors (Lipinski definition) is 3. The fourth-order valence-corrected chi connectivity index (χ4v) is 2.97. The standard InChI is InChI=1S/C13H25NO2/c1-12(2,10-14)9-11-3-5-13(6-4-11)15-7-8-16-13/h11H,3-10,14H2,1-2H3. The van der Waals surface area contributed by atoms with Crippen LogP contribution in [0.5, 0.6) is 0 Å². The molecule has 0 atom stereocenters. The molecule has 1 aliphatic carbocycles. The van der Waals surface area contributed by atoms with Crippen molar-refractivity contribution >= 4 is 0 Å². The number of hydrogen-bond donors (Lipinski definition) is 1. The number of rotatable bonds is 3. The molecule has 0 radical (unpaired) electrons. The van der Waals surface area contributed by atoms with Crippen molar-refractivity contribution in [2.45, 2.75) is 51.7 Å². The van der Waals surface area contributed by atoms with E-state index in [4.69, 9.17) is 15.2 Å². The molecule has 1 aliphatic heterocycles. The van der Waals surface area contributed by atoms with Crippen molar-refractivity contribution in [3.8, 4) is 0 Å². The monoisotopic (exact) mass is 227 g/mol. The molecule has 1 spiro atoms. The maximum absolute atomic E-state index is 5.79. The third kappa shape index (κ3) is 2.76. The molecule has 2 fully saturated rings. The summed E-state index contributed by atoms with van der Waals surface area (Å²) in [4.78, 5) is 0. The maximum Gasteiger partial charge on any atom is 0.168 e. The van der Waals surface area contributed by atoms with E-state index in [1.165, 1.54) is 19.3 Å². The second kappa shape index (κ2) is 4.63. The van der Waals surface area contributed by atoms with E-state index in [9.17, 15) is 0 Å². The molecule has 0 bridgehead atoms. The van der Waals surface area contributed by atoms with E-state index in [1.807, 2.05) is 0 Å². The molecular formula is C13H25NO2. The Labute approximate surface area is 98.7 Å². The summed E-state index contributed by atoms with van der Waals surface area (Å²) in [6, 6.07) is 0. The Morgan fingerprint density at radius 3 is 2.25 bits per heavy atom. The van der Waals surface area contributed by atoms with Crippen molar-refractivity contribution in [3.05, 3.63) is 0 Å². The summed E-state index contributed by atoms with van der Waals surface area (Å²) in [6.45, 7) is 6.86. The minimum atomic E-state index is -0.205. The van der Waals surface area contributed by atoms with Crippen LogP contribution in [0.2, 0.25) is 0 Å². The van der Waals surface area contributed by atoms with Gasteiger partial charge in [-0.05, 0) is 37.1 Å². The first-order valence-corrected chi connectivity index (χ1v) is 6.53. The highest BCUT2D eigenvalue weighted by molar-refractivity contribution is 4.85. The fourth-order valence-electron chi connectivity index (χ4n) is 2.97. The van der Waals surface area contributed by atoms with Crippen LogP contribution < -0.4 is 5.73 Å². The second-order valence-electron chi connectivity index (χ2n) is 6.12. The minimum absolute atomic E-state index is 0.205. The van der Waals surface area contributed by atoms with Crippen LogP contribution in [-0.4, -0.2) is 25.5 Å². The number of ether oxygens (including phenoxy) is 2. The van der Waals surface area contributed by atoms with Crippen molar-refractivity contribution < 1.29 is 9.47 Å².